The van der Waals surface area contributed by atoms with Crippen LogP contribution in [0.5, 0.6) is 28.7 Å². The van der Waals surface area contributed by atoms with E-state index in [9.17, 15) is 14.7 Å². The number of phenolic OH excluding ortho intramolecular Hbond substituents is 1. The van der Waals surface area contributed by atoms with E-state index in [4.69, 9.17) is 47.4 Å². The topological polar surface area (TPSA) is 171 Å². The zero-order valence-electron chi connectivity index (χ0n) is 30.2. The molecule has 0 spiro atoms. The number of rotatable bonds is 11. The molecule has 3 fully saturated rings. The predicted octanol–water partition coefficient (Wildman–Crippen LogP) is 3.89. The second kappa shape index (κ2) is 15.5. The van der Waals surface area contributed by atoms with Gasteiger partial charge in [0, 0.05) is 37.4 Å². The number of methoxy groups -OCH3 is 2. The minimum atomic E-state index is -0.724. The van der Waals surface area contributed by atoms with Crippen molar-refractivity contribution in [3.05, 3.63) is 76.9 Å². The first-order valence-electron chi connectivity index (χ1n) is 18.1. The second-order valence-corrected chi connectivity index (χ2v) is 13.9. The quantitative estimate of drug-likeness (QED) is 0.191. The Morgan fingerprint density at radius 3 is 2.41 bits per heavy atom. The number of benzene rings is 3. The van der Waals surface area contributed by atoms with Gasteiger partial charge in [-0.2, -0.15) is 0 Å². The lowest BCUT2D eigenvalue weighted by atomic mass is 9.66. The average Bonchev–Trinajstić information content (AvgIpc) is 3.81. The Labute approximate surface area is 312 Å². The molecule has 5 aliphatic rings. The third-order valence-corrected chi connectivity index (χ3v) is 10.7. The normalized spacial score (nSPS) is 29.3. The van der Waals surface area contributed by atoms with Crippen molar-refractivity contribution in [1.82, 2.24) is 10.6 Å². The number of phenols is 1. The molecule has 1 unspecified atom stereocenters. The smallest absolute Gasteiger partial charge is 0.407 e. The Hall–Kier alpha value is -4.80. The van der Waals surface area contributed by atoms with E-state index in [0.29, 0.717) is 43.2 Å². The number of hydrogen-bond donors (Lipinski definition) is 3. The van der Waals surface area contributed by atoms with Gasteiger partial charge in [-0.05, 0) is 53.4 Å². The fraction of sp³-hybridized carbons (Fsp3) is 0.487. The molecule has 0 saturated carbocycles. The van der Waals surface area contributed by atoms with E-state index in [1.54, 1.807) is 12.1 Å². The summed E-state index contributed by atoms with van der Waals surface area (Å²) in [6.07, 6.45) is -2.65. The summed E-state index contributed by atoms with van der Waals surface area (Å²) in [4.78, 5) is 26.0. The van der Waals surface area contributed by atoms with Gasteiger partial charge in [0.05, 0.1) is 39.5 Å². The number of cyclic esters (lactones) is 1. The maximum Gasteiger partial charge on any atom is 0.407 e. The lowest BCUT2D eigenvalue weighted by Gasteiger charge is -2.47. The van der Waals surface area contributed by atoms with E-state index in [1.165, 1.54) is 14.2 Å². The number of aromatic hydroxyl groups is 1. The van der Waals surface area contributed by atoms with Gasteiger partial charge in [-0.25, -0.2) is 4.79 Å². The summed E-state index contributed by atoms with van der Waals surface area (Å²) in [6, 6.07) is 16.5. The number of nitrogens with one attached hydrogen (secondary N) is 2. The highest BCUT2D eigenvalue weighted by molar-refractivity contribution is 5.79. The highest BCUT2D eigenvalue weighted by atomic mass is 16.7. The summed E-state index contributed by atoms with van der Waals surface area (Å²) in [5.41, 5.74) is 3.18. The molecule has 4 aliphatic heterocycles. The number of fused-ring (bicyclic) bond motifs is 4. The van der Waals surface area contributed by atoms with E-state index < -0.39 is 48.6 Å². The van der Waals surface area contributed by atoms with Gasteiger partial charge in [0.1, 0.15) is 18.8 Å². The summed E-state index contributed by atoms with van der Waals surface area (Å²) < 4.78 is 59.1. The molecule has 288 valence electrons. The molecular weight excluding hydrogens is 704 g/mol. The second-order valence-electron chi connectivity index (χ2n) is 13.9. The van der Waals surface area contributed by atoms with E-state index >= 15 is 0 Å². The zero-order chi connectivity index (χ0) is 37.3. The summed E-state index contributed by atoms with van der Waals surface area (Å²) >= 11 is 0. The van der Waals surface area contributed by atoms with Crippen LogP contribution in [-0.4, -0.2) is 95.3 Å². The largest absolute Gasteiger partial charge is 0.502 e. The molecule has 4 heterocycles. The van der Waals surface area contributed by atoms with Crippen molar-refractivity contribution in [2.24, 2.45) is 11.8 Å². The van der Waals surface area contributed by atoms with Gasteiger partial charge in [-0.15, -0.1) is 0 Å². The lowest BCUT2D eigenvalue weighted by molar-refractivity contribution is -0.324. The molecule has 3 N–H and O–H groups in total. The van der Waals surface area contributed by atoms with Crippen molar-refractivity contribution in [3.63, 3.8) is 0 Å². The Morgan fingerprint density at radius 2 is 1.67 bits per heavy atom. The first-order chi connectivity index (χ1) is 26.3. The lowest BCUT2D eigenvalue weighted by Crippen LogP contribution is -2.61. The number of carbonyl (C=O) groups is 2. The first kappa shape index (κ1) is 36.2. The fourth-order valence-electron chi connectivity index (χ4n) is 8.16. The highest BCUT2D eigenvalue weighted by Gasteiger charge is 2.54. The van der Waals surface area contributed by atoms with Crippen LogP contribution in [0.1, 0.15) is 47.6 Å². The van der Waals surface area contributed by atoms with E-state index in [0.717, 1.165) is 16.7 Å². The standard InChI is InChI=1S/C39H44N2O13/c1-20-47-18-31-37(52-20)26(40-9-10-41-39(44)49-16-21-7-5-4-6-8-21)15-32(53-31)54-36-24-14-28-27(50-19-51-28)13-23(24)33(34-25(36)17-48-38(34)43)22-11-29(45-2)35(42)30(12-22)46-3/h4-8,11-14,20,25-26,31-34,36-37,40,42H,9-10,15-19H2,1-3H3,(H,41,44)/t20?,25-,26-,31+,32-,33+,34-,36+,37-/m0/s1. The maximum atomic E-state index is 13.7. The number of hydrogen-bond acceptors (Lipinski definition) is 14. The predicted molar refractivity (Wildman–Crippen MR) is 187 cm³/mol. The molecule has 15 nitrogen and oxygen atoms in total. The van der Waals surface area contributed by atoms with Crippen LogP contribution in [0.25, 0.3) is 0 Å². The van der Waals surface area contributed by atoms with Gasteiger partial charge < -0.3 is 63.1 Å². The Bertz CT molecular complexity index is 1820. The van der Waals surface area contributed by atoms with Crippen LogP contribution in [0.15, 0.2) is 54.6 Å². The molecule has 0 radical (unpaired) electrons. The monoisotopic (exact) mass is 748 g/mol. The van der Waals surface area contributed by atoms with Gasteiger partial charge in [0.15, 0.2) is 35.6 Å². The van der Waals surface area contributed by atoms with Gasteiger partial charge in [0.25, 0.3) is 0 Å². The van der Waals surface area contributed by atoms with Crippen molar-refractivity contribution < 1.29 is 62.1 Å². The van der Waals surface area contributed by atoms with Gasteiger partial charge in [0.2, 0.25) is 12.5 Å². The number of esters is 1. The highest BCUT2D eigenvalue weighted by Crippen LogP contribution is 2.57. The molecule has 1 aliphatic carbocycles. The SMILES string of the molecule is COc1cc([C@@H]2c3cc4c(cc3[C@@H](O[C@H]3C[C@H](NCCNC(=O)OCc5ccccc5)[C@@H]5OC(C)OC[C@H]5O3)[C@H]3COC(=O)[C@H]23)OCO4)cc(OC)c1O. The molecule has 1 amide bonds. The van der Waals surface area contributed by atoms with Crippen molar-refractivity contribution >= 4 is 12.1 Å². The molecule has 54 heavy (non-hydrogen) atoms. The molecule has 0 aromatic heterocycles. The summed E-state index contributed by atoms with van der Waals surface area (Å²) in [7, 11) is 2.92. The molecule has 9 atom stereocenters. The molecule has 3 saturated heterocycles. The molecule has 0 bridgehead atoms. The zero-order valence-corrected chi connectivity index (χ0v) is 30.2. The molecule has 15 heteroatoms. The minimum Gasteiger partial charge on any atom is -0.502 e. The van der Waals surface area contributed by atoms with Crippen LogP contribution >= 0.6 is 0 Å². The third kappa shape index (κ3) is 7.09. The fourth-order valence-corrected chi connectivity index (χ4v) is 8.16. The molecule has 8 rings (SSSR count). The minimum absolute atomic E-state index is 0.0599. The Morgan fingerprint density at radius 1 is 0.926 bits per heavy atom. The van der Waals surface area contributed by atoms with Crippen molar-refractivity contribution in [2.75, 3.05) is 47.3 Å². The number of ether oxygens (including phenoxy) is 10. The first-order valence-corrected chi connectivity index (χ1v) is 18.1. The average molecular weight is 749 g/mol. The van der Waals surface area contributed by atoms with Gasteiger partial charge >= 0.3 is 12.1 Å². The Kier molecular flexibility index (Phi) is 10.4. The van der Waals surface area contributed by atoms with Crippen LogP contribution in [0.3, 0.4) is 0 Å². The molecule has 3 aromatic carbocycles. The van der Waals surface area contributed by atoms with E-state index in [-0.39, 0.29) is 55.4 Å². The van der Waals surface area contributed by atoms with Crippen molar-refractivity contribution in [1.29, 1.82) is 0 Å². The van der Waals surface area contributed by atoms with Gasteiger partial charge in [-0.1, -0.05) is 30.3 Å². The summed E-state index contributed by atoms with van der Waals surface area (Å²) in [5.74, 6) is -0.550. The van der Waals surface area contributed by atoms with Crippen LogP contribution in [-0.2, 0) is 39.8 Å². The van der Waals surface area contributed by atoms with Gasteiger partial charge in [-0.3, -0.25) is 4.79 Å². The number of carbonyl (C=O) groups excluding carboxylic acids is 2. The summed E-state index contributed by atoms with van der Waals surface area (Å²) in [6.45, 7) is 3.26. The van der Waals surface area contributed by atoms with Crippen LogP contribution in [0.2, 0.25) is 0 Å². The third-order valence-electron chi connectivity index (χ3n) is 10.7. The van der Waals surface area contributed by atoms with E-state index in [1.807, 2.05) is 49.4 Å². The number of alkyl carbamates (subject to hydrolysis) is 1. The van der Waals surface area contributed by atoms with E-state index in [2.05, 4.69) is 10.6 Å². The van der Waals surface area contributed by atoms with Crippen molar-refractivity contribution in [2.45, 2.75) is 62.8 Å². The van der Waals surface area contributed by atoms with Crippen LogP contribution < -0.4 is 29.6 Å². The van der Waals surface area contributed by atoms with Crippen molar-refractivity contribution in [3.8, 4) is 28.7 Å². The summed E-state index contributed by atoms with van der Waals surface area (Å²) in [5, 5.41) is 17.0. The van der Waals surface area contributed by atoms with Crippen LogP contribution in [0, 0.1) is 11.8 Å². The maximum absolute atomic E-state index is 13.7. The Balaban J connectivity index is 1.03. The van der Waals surface area contributed by atoms with Crippen LogP contribution in [0.4, 0.5) is 4.79 Å². The molecule has 3 aromatic rings. The molecular formula is C39H44N2O13. The number of amides is 1.